The molecule has 1 aliphatic heterocycles. The number of carbonyl (C=O) groups excluding carboxylic acids is 1. The number of carbonyl (C=O) groups is 1. The third kappa shape index (κ3) is 8.88. The van der Waals surface area contributed by atoms with Gasteiger partial charge in [-0.2, -0.15) is 0 Å². The highest BCUT2D eigenvalue weighted by atomic mass is 127. The molecule has 0 radical (unpaired) electrons. The Labute approximate surface area is 200 Å². The number of aliphatic imine (C=N–C) groups is 1. The van der Waals surface area contributed by atoms with Gasteiger partial charge in [0.15, 0.2) is 11.7 Å². The lowest BCUT2D eigenvalue weighted by Crippen LogP contribution is -2.37. The lowest BCUT2D eigenvalue weighted by molar-refractivity contribution is 0.0168. The van der Waals surface area contributed by atoms with Gasteiger partial charge < -0.3 is 29.8 Å². The number of halogens is 1. The van der Waals surface area contributed by atoms with Gasteiger partial charge in [-0.05, 0) is 49.1 Å². The molecule has 0 saturated carbocycles. The van der Waals surface area contributed by atoms with E-state index in [1.54, 1.807) is 19.2 Å². The minimum Gasteiger partial charge on any atom is -0.459 e. The van der Waals surface area contributed by atoms with Crippen molar-refractivity contribution in [3.8, 4) is 0 Å². The molecular formula is C22H31IN4O4. The minimum atomic E-state index is -0.274. The molecule has 1 atom stereocenters. The summed E-state index contributed by atoms with van der Waals surface area (Å²) in [6.07, 6.45) is 4.87. The summed E-state index contributed by atoms with van der Waals surface area (Å²) in [6.45, 7) is 3.59. The van der Waals surface area contributed by atoms with Crippen LogP contribution in [0.3, 0.4) is 0 Å². The quantitative estimate of drug-likeness (QED) is 0.184. The Kier molecular flexibility index (Phi) is 11.4. The number of amides is 1. The predicted octanol–water partition coefficient (Wildman–Crippen LogP) is 3.40. The van der Waals surface area contributed by atoms with Crippen LogP contribution in [0, 0.1) is 0 Å². The number of ether oxygens (including phenoxy) is 2. The number of nitrogens with zero attached hydrogens (tertiary/aromatic N) is 1. The molecule has 3 N–H and O–H groups in total. The summed E-state index contributed by atoms with van der Waals surface area (Å²) in [7, 11) is 1.74. The highest BCUT2D eigenvalue weighted by Crippen LogP contribution is 2.13. The Balaban J connectivity index is 0.00000341. The van der Waals surface area contributed by atoms with E-state index in [0.717, 1.165) is 43.9 Å². The molecule has 1 aromatic heterocycles. The Morgan fingerprint density at radius 2 is 2.16 bits per heavy atom. The number of guanidine groups is 1. The monoisotopic (exact) mass is 542 g/mol. The Hall–Kier alpha value is -2.11. The molecule has 31 heavy (non-hydrogen) atoms. The highest BCUT2D eigenvalue weighted by molar-refractivity contribution is 14.0. The van der Waals surface area contributed by atoms with Crippen LogP contribution in [-0.4, -0.2) is 51.4 Å². The third-order valence-electron chi connectivity index (χ3n) is 4.70. The summed E-state index contributed by atoms with van der Waals surface area (Å²) >= 11 is 0. The molecule has 1 saturated heterocycles. The zero-order chi connectivity index (χ0) is 21.0. The van der Waals surface area contributed by atoms with Crippen molar-refractivity contribution in [2.75, 3.05) is 38.7 Å². The number of hydrogen-bond acceptors (Lipinski definition) is 5. The zero-order valence-electron chi connectivity index (χ0n) is 17.8. The maximum Gasteiger partial charge on any atom is 0.291 e. The van der Waals surface area contributed by atoms with E-state index in [0.29, 0.717) is 25.4 Å². The number of nitrogens with one attached hydrogen (secondary N) is 3. The summed E-state index contributed by atoms with van der Waals surface area (Å²) in [5.74, 6) is 0.728. The van der Waals surface area contributed by atoms with Gasteiger partial charge in [-0.15, -0.1) is 24.0 Å². The SMILES string of the molecule is CN=C(NCCCOCC1CCCO1)NCc1cccc(NC(=O)c2ccco2)c1.I. The summed E-state index contributed by atoms with van der Waals surface area (Å²) < 4.78 is 16.3. The number of benzene rings is 1. The standard InChI is InChI=1S/C22H30N4O4.HI/c1-23-22(24-10-5-11-28-16-19-8-3-12-29-19)25-15-17-6-2-7-18(14-17)26-21(27)20-9-4-13-30-20;/h2,4,6-7,9,13-14,19H,3,5,8,10-12,15-16H2,1H3,(H,26,27)(H2,23,24,25);1H. The van der Waals surface area contributed by atoms with Crippen LogP contribution in [0.15, 0.2) is 52.1 Å². The van der Waals surface area contributed by atoms with Crippen LogP contribution in [-0.2, 0) is 16.0 Å². The first-order valence-corrected chi connectivity index (χ1v) is 10.3. The van der Waals surface area contributed by atoms with Crippen LogP contribution < -0.4 is 16.0 Å². The highest BCUT2D eigenvalue weighted by Gasteiger charge is 2.15. The fourth-order valence-corrected chi connectivity index (χ4v) is 3.14. The van der Waals surface area contributed by atoms with Crippen molar-refractivity contribution in [1.29, 1.82) is 0 Å². The minimum absolute atomic E-state index is 0. The van der Waals surface area contributed by atoms with Gasteiger partial charge in [0.1, 0.15) is 0 Å². The van der Waals surface area contributed by atoms with E-state index in [9.17, 15) is 4.79 Å². The van der Waals surface area contributed by atoms with Crippen LogP contribution in [0.5, 0.6) is 0 Å². The third-order valence-corrected chi connectivity index (χ3v) is 4.70. The first-order chi connectivity index (χ1) is 14.7. The topological polar surface area (TPSA) is 97.1 Å². The molecule has 2 aromatic rings. The van der Waals surface area contributed by atoms with Crippen molar-refractivity contribution < 1.29 is 18.7 Å². The van der Waals surface area contributed by atoms with Crippen molar-refractivity contribution in [1.82, 2.24) is 10.6 Å². The summed E-state index contributed by atoms with van der Waals surface area (Å²) in [5, 5.41) is 9.39. The van der Waals surface area contributed by atoms with E-state index in [-0.39, 0.29) is 41.7 Å². The lowest BCUT2D eigenvalue weighted by atomic mass is 10.2. The number of rotatable bonds is 10. The summed E-state index contributed by atoms with van der Waals surface area (Å²) in [4.78, 5) is 16.3. The first kappa shape index (κ1) is 25.2. The van der Waals surface area contributed by atoms with Crippen molar-refractivity contribution in [2.24, 2.45) is 4.99 Å². The van der Waals surface area contributed by atoms with Crippen LogP contribution in [0.1, 0.15) is 35.4 Å². The molecule has 0 aliphatic carbocycles. The largest absolute Gasteiger partial charge is 0.459 e. The number of furan rings is 1. The van der Waals surface area contributed by atoms with E-state index in [1.165, 1.54) is 6.26 Å². The lowest BCUT2D eigenvalue weighted by Gasteiger charge is -2.13. The second-order valence-electron chi connectivity index (χ2n) is 7.05. The molecule has 1 aliphatic rings. The van der Waals surface area contributed by atoms with Gasteiger partial charge in [0, 0.05) is 39.0 Å². The van der Waals surface area contributed by atoms with Crippen LogP contribution in [0.2, 0.25) is 0 Å². The van der Waals surface area contributed by atoms with E-state index in [4.69, 9.17) is 13.9 Å². The van der Waals surface area contributed by atoms with Gasteiger partial charge >= 0.3 is 0 Å². The van der Waals surface area contributed by atoms with Crippen molar-refractivity contribution >= 4 is 41.5 Å². The maximum atomic E-state index is 12.1. The van der Waals surface area contributed by atoms with Crippen molar-refractivity contribution in [3.63, 3.8) is 0 Å². The maximum absolute atomic E-state index is 12.1. The van der Waals surface area contributed by atoms with E-state index in [1.807, 2.05) is 24.3 Å². The summed E-state index contributed by atoms with van der Waals surface area (Å²) in [6, 6.07) is 11.0. The van der Waals surface area contributed by atoms with Crippen LogP contribution in [0.25, 0.3) is 0 Å². The van der Waals surface area contributed by atoms with Crippen molar-refractivity contribution in [3.05, 3.63) is 54.0 Å². The number of anilines is 1. The average Bonchev–Trinajstić information content (AvgIpc) is 3.47. The first-order valence-electron chi connectivity index (χ1n) is 10.3. The molecular weight excluding hydrogens is 511 g/mol. The number of hydrogen-bond donors (Lipinski definition) is 3. The van der Waals surface area contributed by atoms with E-state index < -0.39 is 0 Å². The molecule has 0 spiro atoms. The molecule has 3 rings (SSSR count). The van der Waals surface area contributed by atoms with Gasteiger partial charge in [0.05, 0.1) is 19.0 Å². The van der Waals surface area contributed by atoms with Gasteiger partial charge in [0.25, 0.3) is 5.91 Å². The Morgan fingerprint density at radius 1 is 1.26 bits per heavy atom. The molecule has 1 amide bonds. The average molecular weight is 542 g/mol. The zero-order valence-corrected chi connectivity index (χ0v) is 20.1. The molecule has 8 nitrogen and oxygen atoms in total. The smallest absolute Gasteiger partial charge is 0.291 e. The summed E-state index contributed by atoms with van der Waals surface area (Å²) in [5.41, 5.74) is 1.73. The Bertz CT molecular complexity index is 808. The van der Waals surface area contributed by atoms with E-state index >= 15 is 0 Å². The molecule has 2 heterocycles. The van der Waals surface area contributed by atoms with Gasteiger partial charge in [-0.1, -0.05) is 12.1 Å². The van der Waals surface area contributed by atoms with Crippen molar-refractivity contribution in [2.45, 2.75) is 31.9 Å². The molecule has 170 valence electrons. The second kappa shape index (κ2) is 14.0. The fraction of sp³-hybridized carbons (Fsp3) is 0.455. The molecule has 9 heteroatoms. The molecule has 1 unspecified atom stereocenters. The fourth-order valence-electron chi connectivity index (χ4n) is 3.14. The van der Waals surface area contributed by atoms with E-state index in [2.05, 4.69) is 20.9 Å². The molecule has 1 aromatic carbocycles. The molecule has 1 fully saturated rings. The Morgan fingerprint density at radius 3 is 2.90 bits per heavy atom. The normalized spacial score (nSPS) is 15.9. The predicted molar refractivity (Wildman–Crippen MR) is 131 cm³/mol. The second-order valence-corrected chi connectivity index (χ2v) is 7.05. The van der Waals surface area contributed by atoms with Crippen LogP contribution in [0.4, 0.5) is 5.69 Å². The molecule has 0 bridgehead atoms. The van der Waals surface area contributed by atoms with Gasteiger partial charge in [0.2, 0.25) is 0 Å². The van der Waals surface area contributed by atoms with Crippen LogP contribution >= 0.6 is 24.0 Å². The van der Waals surface area contributed by atoms with Gasteiger partial charge in [-0.3, -0.25) is 9.79 Å². The van der Waals surface area contributed by atoms with Gasteiger partial charge in [-0.25, -0.2) is 0 Å².